The van der Waals surface area contributed by atoms with Crippen molar-refractivity contribution in [2.75, 3.05) is 19.3 Å². The quantitative estimate of drug-likeness (QED) is 0.824. The molecule has 1 heterocycles. The molecular weight excluding hydrogens is 318 g/mol. The van der Waals surface area contributed by atoms with Crippen molar-refractivity contribution in [2.45, 2.75) is 31.9 Å². The molecule has 2 aromatic rings. The van der Waals surface area contributed by atoms with Gasteiger partial charge in [-0.2, -0.15) is 0 Å². The van der Waals surface area contributed by atoms with Crippen LogP contribution in [0, 0.1) is 0 Å². The van der Waals surface area contributed by atoms with Gasteiger partial charge in [-0.1, -0.05) is 18.2 Å². The highest BCUT2D eigenvalue weighted by Gasteiger charge is 2.47. The van der Waals surface area contributed by atoms with Gasteiger partial charge in [0.1, 0.15) is 11.5 Å². The fourth-order valence-corrected chi connectivity index (χ4v) is 3.12. The summed E-state index contributed by atoms with van der Waals surface area (Å²) in [4.78, 5) is 18.3. The maximum absolute atomic E-state index is 12.2. The number of anilines is 1. The molecule has 2 aromatic carbocycles. The first-order valence-electron chi connectivity index (χ1n) is 8.25. The number of Topliss-reactive ketones (excluding diaryl/α,β-unsaturated/α-hetero) is 1. The van der Waals surface area contributed by atoms with Crippen molar-refractivity contribution in [3.05, 3.63) is 54.1 Å². The van der Waals surface area contributed by atoms with Gasteiger partial charge >= 0.3 is 0 Å². The van der Waals surface area contributed by atoms with E-state index in [0.29, 0.717) is 6.42 Å². The highest BCUT2D eigenvalue weighted by atomic mass is 16.7. The van der Waals surface area contributed by atoms with Crippen LogP contribution in [0.5, 0.6) is 11.5 Å². The lowest BCUT2D eigenvalue weighted by atomic mass is 9.90. The number of hydrogen-bond donors (Lipinski definition) is 0. The van der Waals surface area contributed by atoms with E-state index in [0.717, 1.165) is 22.7 Å². The molecule has 5 nitrogen and oxygen atoms in total. The summed E-state index contributed by atoms with van der Waals surface area (Å²) in [6.07, 6.45) is 0.529. The second kappa shape index (κ2) is 6.76. The highest BCUT2D eigenvalue weighted by molar-refractivity contribution is 5.85. The van der Waals surface area contributed by atoms with Crippen molar-refractivity contribution in [3.8, 4) is 11.5 Å². The van der Waals surface area contributed by atoms with Gasteiger partial charge < -0.3 is 9.47 Å². The molecule has 0 aromatic heterocycles. The Hall–Kier alpha value is -2.53. The number of rotatable bonds is 5. The van der Waals surface area contributed by atoms with Crippen LogP contribution in [0.4, 0.5) is 5.69 Å². The summed E-state index contributed by atoms with van der Waals surface area (Å²) in [5.41, 5.74) is 0.937. The van der Waals surface area contributed by atoms with Gasteiger partial charge in [0.15, 0.2) is 11.4 Å². The van der Waals surface area contributed by atoms with E-state index >= 15 is 0 Å². The summed E-state index contributed by atoms with van der Waals surface area (Å²) in [6.45, 7) is 3.40. The van der Waals surface area contributed by atoms with Gasteiger partial charge in [0.2, 0.25) is 0 Å². The molecule has 0 radical (unpaired) electrons. The van der Waals surface area contributed by atoms with Crippen LogP contribution in [-0.2, 0) is 9.63 Å². The van der Waals surface area contributed by atoms with Crippen LogP contribution in [0.15, 0.2) is 48.5 Å². The van der Waals surface area contributed by atoms with Gasteiger partial charge in [-0.25, -0.2) is 5.06 Å². The Labute approximate surface area is 148 Å². The third-order valence-electron chi connectivity index (χ3n) is 4.72. The maximum Gasteiger partial charge on any atom is 0.164 e. The minimum atomic E-state index is -0.880. The van der Waals surface area contributed by atoms with Crippen LogP contribution in [0.1, 0.15) is 31.9 Å². The predicted octanol–water partition coefficient (Wildman–Crippen LogP) is 3.93. The molecule has 5 heteroatoms. The van der Waals surface area contributed by atoms with Crippen molar-refractivity contribution in [1.82, 2.24) is 0 Å². The summed E-state index contributed by atoms with van der Waals surface area (Å²) in [5.74, 6) is 1.47. The van der Waals surface area contributed by atoms with Crippen LogP contribution in [-0.4, -0.2) is 25.6 Å². The number of carbonyl (C=O) groups is 1. The molecule has 0 amide bonds. The van der Waals surface area contributed by atoms with E-state index in [4.69, 9.17) is 14.3 Å². The molecule has 1 saturated heterocycles. The molecule has 25 heavy (non-hydrogen) atoms. The molecular formula is C20H23NO4. The Morgan fingerprint density at radius 3 is 2.48 bits per heavy atom. The molecule has 0 unspecified atom stereocenters. The Morgan fingerprint density at radius 2 is 1.88 bits per heavy atom. The summed E-state index contributed by atoms with van der Waals surface area (Å²) < 4.78 is 10.9. The first-order chi connectivity index (χ1) is 12.0. The van der Waals surface area contributed by atoms with Crippen LogP contribution in [0.25, 0.3) is 0 Å². The molecule has 1 aliphatic heterocycles. The number of methoxy groups -OCH3 is 2. The Bertz CT molecular complexity index is 762. The third-order valence-corrected chi connectivity index (χ3v) is 4.72. The molecule has 1 fully saturated rings. The number of para-hydroxylation sites is 1. The zero-order valence-corrected chi connectivity index (χ0v) is 15.0. The number of hydrogen-bond acceptors (Lipinski definition) is 5. The fourth-order valence-electron chi connectivity index (χ4n) is 3.12. The monoisotopic (exact) mass is 341 g/mol. The molecule has 2 atom stereocenters. The van der Waals surface area contributed by atoms with Gasteiger partial charge in [0, 0.05) is 12.0 Å². The van der Waals surface area contributed by atoms with E-state index in [1.54, 1.807) is 26.2 Å². The number of ketones is 1. The number of nitrogens with zero attached hydrogens (tertiary/aromatic N) is 1. The lowest BCUT2D eigenvalue weighted by Crippen LogP contribution is -2.34. The minimum Gasteiger partial charge on any atom is -0.497 e. The molecule has 0 N–H and O–H groups in total. The average Bonchev–Trinajstić information content (AvgIpc) is 3.01. The molecule has 0 aliphatic carbocycles. The Morgan fingerprint density at radius 1 is 1.16 bits per heavy atom. The molecule has 3 rings (SSSR count). The van der Waals surface area contributed by atoms with Crippen LogP contribution < -0.4 is 14.5 Å². The number of hydroxylamine groups is 1. The van der Waals surface area contributed by atoms with Crippen molar-refractivity contribution in [2.24, 2.45) is 0 Å². The first-order valence-corrected chi connectivity index (χ1v) is 8.25. The van der Waals surface area contributed by atoms with E-state index in [2.05, 4.69) is 0 Å². The van der Waals surface area contributed by atoms with E-state index < -0.39 is 5.60 Å². The Kier molecular flexibility index (Phi) is 4.68. The minimum absolute atomic E-state index is 0.00204. The largest absolute Gasteiger partial charge is 0.497 e. The third kappa shape index (κ3) is 3.20. The lowest BCUT2D eigenvalue weighted by Gasteiger charge is -2.27. The molecule has 132 valence electrons. The van der Waals surface area contributed by atoms with E-state index in [-0.39, 0.29) is 11.8 Å². The van der Waals surface area contributed by atoms with Crippen LogP contribution in [0.2, 0.25) is 0 Å². The van der Waals surface area contributed by atoms with Crippen LogP contribution >= 0.6 is 0 Å². The zero-order chi connectivity index (χ0) is 18.0. The van der Waals surface area contributed by atoms with Gasteiger partial charge in [0.05, 0.1) is 25.9 Å². The van der Waals surface area contributed by atoms with Crippen molar-refractivity contribution in [3.63, 3.8) is 0 Å². The smallest absolute Gasteiger partial charge is 0.164 e. The SMILES string of the molecule is COc1ccc(OC)c([C@@H]2C[C@](C)(C(C)=O)ON2c2ccccc2)c1. The zero-order valence-electron chi connectivity index (χ0n) is 15.0. The van der Waals surface area contributed by atoms with Gasteiger partial charge in [-0.05, 0) is 44.2 Å². The Balaban J connectivity index is 2.09. The van der Waals surface area contributed by atoms with Crippen molar-refractivity contribution in [1.29, 1.82) is 0 Å². The first kappa shape index (κ1) is 17.3. The second-order valence-corrected chi connectivity index (χ2v) is 6.37. The maximum atomic E-state index is 12.2. The topological polar surface area (TPSA) is 48.0 Å². The normalized spacial score (nSPS) is 22.7. The van der Waals surface area contributed by atoms with Crippen molar-refractivity contribution >= 4 is 11.5 Å². The molecule has 1 aliphatic rings. The summed E-state index contributed by atoms with van der Waals surface area (Å²) in [5, 5.41) is 1.80. The average molecular weight is 341 g/mol. The number of ether oxygens (including phenoxy) is 2. The number of benzene rings is 2. The fraction of sp³-hybridized carbons (Fsp3) is 0.350. The summed E-state index contributed by atoms with van der Waals surface area (Å²) in [7, 11) is 3.27. The molecule has 0 bridgehead atoms. The number of carbonyl (C=O) groups excluding carboxylic acids is 1. The van der Waals surface area contributed by atoms with E-state index in [1.807, 2.05) is 55.5 Å². The summed E-state index contributed by atoms with van der Waals surface area (Å²) >= 11 is 0. The van der Waals surface area contributed by atoms with Crippen molar-refractivity contribution < 1.29 is 19.1 Å². The van der Waals surface area contributed by atoms with E-state index in [1.165, 1.54) is 0 Å². The van der Waals surface area contributed by atoms with E-state index in [9.17, 15) is 4.79 Å². The highest BCUT2D eigenvalue weighted by Crippen LogP contribution is 2.46. The molecule has 0 spiro atoms. The summed E-state index contributed by atoms with van der Waals surface area (Å²) in [6, 6.07) is 15.3. The lowest BCUT2D eigenvalue weighted by molar-refractivity contribution is -0.136. The van der Waals surface area contributed by atoms with Gasteiger partial charge in [-0.3, -0.25) is 9.63 Å². The molecule has 0 saturated carbocycles. The van der Waals surface area contributed by atoms with Gasteiger partial charge in [0.25, 0.3) is 0 Å². The van der Waals surface area contributed by atoms with Gasteiger partial charge in [-0.15, -0.1) is 0 Å². The van der Waals surface area contributed by atoms with Crippen LogP contribution in [0.3, 0.4) is 0 Å². The second-order valence-electron chi connectivity index (χ2n) is 6.37. The standard InChI is InChI=1S/C20H23NO4/c1-14(22)20(2)13-18(21(25-20)15-8-6-5-7-9-15)17-12-16(23-3)10-11-19(17)24-4/h5-12,18H,13H2,1-4H3/t18-,20+/m0/s1. The predicted molar refractivity (Wildman–Crippen MR) is 96.0 cm³/mol.